The number of alkyl halides is 3. The Morgan fingerprint density at radius 3 is 2.66 bits per heavy atom. The molecule has 1 aliphatic rings. The third-order valence-corrected chi connectivity index (χ3v) is 5.63. The molecule has 0 spiro atoms. The molecule has 3 rings (SSSR count). The molecule has 0 bridgehead atoms. The Bertz CT molecular complexity index is 1170. The maximum absolute atomic E-state index is 12.8. The molecule has 12 heteroatoms. The fraction of sp³-hybridized carbons (Fsp3) is 0.391. The van der Waals surface area contributed by atoms with E-state index in [-0.39, 0.29) is 18.9 Å². The van der Waals surface area contributed by atoms with E-state index in [9.17, 15) is 23.1 Å². The number of halogens is 4. The van der Waals surface area contributed by atoms with Crippen molar-refractivity contribution in [3.05, 3.63) is 69.8 Å². The minimum atomic E-state index is -4.40. The molecule has 1 aliphatic heterocycles. The Hall–Kier alpha value is -3.18. The maximum atomic E-state index is 12.8. The van der Waals surface area contributed by atoms with Crippen molar-refractivity contribution in [1.82, 2.24) is 25.4 Å². The van der Waals surface area contributed by atoms with Crippen molar-refractivity contribution in [2.24, 2.45) is 0 Å². The number of rotatable bonds is 6. The van der Waals surface area contributed by atoms with Gasteiger partial charge in [0.2, 0.25) is 11.8 Å². The quantitative estimate of drug-likeness (QED) is 0.522. The molecule has 3 heterocycles. The van der Waals surface area contributed by atoms with Crippen molar-refractivity contribution in [2.75, 3.05) is 13.1 Å². The molecule has 0 aromatic carbocycles. The molecular formula is C23H25ClF3N5O3. The Morgan fingerprint density at radius 1 is 1.37 bits per heavy atom. The highest BCUT2D eigenvalue weighted by Crippen LogP contribution is 2.31. The Balaban J connectivity index is 1.64. The lowest BCUT2D eigenvalue weighted by molar-refractivity contribution is -0.0935. The Morgan fingerprint density at radius 2 is 2.11 bits per heavy atom. The van der Waals surface area contributed by atoms with Crippen molar-refractivity contribution in [3.8, 4) is 0 Å². The maximum Gasteiger partial charge on any atom is 0.412 e. The molecule has 2 amide bonds. The fourth-order valence-electron chi connectivity index (χ4n) is 3.40. The topological polar surface area (TPSA) is 104 Å². The summed E-state index contributed by atoms with van der Waals surface area (Å²) in [5, 5.41) is 20.8. The number of urea groups is 1. The lowest BCUT2D eigenvalue weighted by Gasteiger charge is -2.27. The number of aromatic nitrogens is 3. The van der Waals surface area contributed by atoms with E-state index in [0.717, 1.165) is 11.6 Å². The van der Waals surface area contributed by atoms with Gasteiger partial charge in [-0.1, -0.05) is 30.7 Å². The summed E-state index contributed by atoms with van der Waals surface area (Å²) in [5.41, 5.74) is 1.39. The van der Waals surface area contributed by atoms with Crippen LogP contribution in [-0.2, 0) is 0 Å². The second-order valence-electron chi connectivity index (χ2n) is 7.91. The molecule has 2 aromatic rings. The van der Waals surface area contributed by atoms with Gasteiger partial charge in [-0.2, -0.15) is 13.2 Å². The number of nitrogens with zero attached hydrogens (tertiary/aromatic N) is 4. The lowest BCUT2D eigenvalue weighted by Crippen LogP contribution is -2.41. The molecule has 1 unspecified atom stereocenters. The van der Waals surface area contributed by atoms with Crippen LogP contribution in [0.3, 0.4) is 0 Å². The molecule has 8 nitrogen and oxygen atoms in total. The summed E-state index contributed by atoms with van der Waals surface area (Å²) in [6, 6.07) is 1.15. The summed E-state index contributed by atoms with van der Waals surface area (Å²) >= 11 is 6.40. The van der Waals surface area contributed by atoms with Crippen LogP contribution in [0.2, 0.25) is 5.02 Å². The van der Waals surface area contributed by atoms with Crippen LogP contribution in [0, 0.1) is 6.92 Å². The normalized spacial score (nSPS) is 16.2. The van der Waals surface area contributed by atoms with Crippen LogP contribution < -0.4 is 5.32 Å². The van der Waals surface area contributed by atoms with Crippen LogP contribution in [0.15, 0.2) is 46.2 Å². The predicted octanol–water partition coefficient (Wildman–Crippen LogP) is 5.11. The number of carbonyl (C=O) groups is 1. The van der Waals surface area contributed by atoms with Crippen LogP contribution in [0.4, 0.5) is 18.0 Å². The smallest absolute Gasteiger partial charge is 0.412 e. The minimum Gasteiger partial charge on any atom is -0.422 e. The highest BCUT2D eigenvalue weighted by atomic mass is 35.5. The average Bonchev–Trinajstić information content (AvgIpc) is 3.24. The Kier molecular flexibility index (Phi) is 8.34. The van der Waals surface area contributed by atoms with Gasteiger partial charge < -0.3 is 19.7 Å². The first-order chi connectivity index (χ1) is 16.5. The van der Waals surface area contributed by atoms with Crippen molar-refractivity contribution in [1.29, 1.82) is 0 Å². The molecule has 0 fully saturated rings. The molecule has 0 aliphatic carbocycles. The first kappa shape index (κ1) is 26.4. The van der Waals surface area contributed by atoms with Crippen LogP contribution in [0.25, 0.3) is 5.57 Å². The van der Waals surface area contributed by atoms with Crippen molar-refractivity contribution < 1.29 is 27.5 Å². The third-order valence-electron chi connectivity index (χ3n) is 5.34. The summed E-state index contributed by atoms with van der Waals surface area (Å²) in [7, 11) is 0. The number of aliphatic hydroxyl groups excluding tert-OH is 1. The monoisotopic (exact) mass is 511 g/mol. The first-order valence-corrected chi connectivity index (χ1v) is 11.2. The van der Waals surface area contributed by atoms with Crippen LogP contribution >= 0.6 is 11.6 Å². The summed E-state index contributed by atoms with van der Waals surface area (Å²) in [6.45, 7) is 5.20. The van der Waals surface area contributed by atoms with E-state index >= 15 is 0 Å². The molecule has 0 radical (unpaired) electrons. The molecule has 2 N–H and O–H groups in total. The average molecular weight is 512 g/mol. The highest BCUT2D eigenvalue weighted by Gasteiger charge is 2.31. The molecule has 0 saturated carbocycles. The van der Waals surface area contributed by atoms with E-state index in [2.05, 4.69) is 20.5 Å². The van der Waals surface area contributed by atoms with E-state index in [1.165, 1.54) is 31.0 Å². The van der Waals surface area contributed by atoms with Gasteiger partial charge in [0.15, 0.2) is 6.10 Å². The van der Waals surface area contributed by atoms with E-state index in [4.69, 9.17) is 16.0 Å². The number of hydrogen-bond donors (Lipinski definition) is 2. The molecule has 1 atom stereocenters. The number of hydrogen-bond acceptors (Lipinski definition) is 6. The molecule has 2 aromatic heterocycles. The van der Waals surface area contributed by atoms with Gasteiger partial charge in [-0.05, 0) is 37.5 Å². The first-order valence-electron chi connectivity index (χ1n) is 10.8. The fourth-order valence-corrected chi connectivity index (χ4v) is 3.70. The van der Waals surface area contributed by atoms with E-state index in [1.807, 2.05) is 6.08 Å². The number of carbonyl (C=O) groups excluding carboxylic acids is 1. The SMILES string of the molecule is CC/C(=C\C=C(/C)NC(=O)N1CC=C(c2ncc(C(O)c3nnc(C)o3)cc2Cl)CC1)C(F)(F)F. The van der Waals surface area contributed by atoms with Crippen molar-refractivity contribution >= 4 is 23.2 Å². The summed E-state index contributed by atoms with van der Waals surface area (Å²) in [4.78, 5) is 18.4. The van der Waals surface area contributed by atoms with Gasteiger partial charge in [0, 0.05) is 43.0 Å². The zero-order valence-electron chi connectivity index (χ0n) is 19.4. The van der Waals surface area contributed by atoms with Gasteiger partial charge >= 0.3 is 12.2 Å². The van der Waals surface area contributed by atoms with Gasteiger partial charge in [-0.25, -0.2) is 4.79 Å². The number of pyridine rings is 1. The largest absolute Gasteiger partial charge is 0.422 e. The van der Waals surface area contributed by atoms with Gasteiger partial charge in [-0.3, -0.25) is 4.98 Å². The van der Waals surface area contributed by atoms with Gasteiger partial charge in [-0.15, -0.1) is 10.2 Å². The number of nitrogens with one attached hydrogen (secondary N) is 1. The zero-order valence-corrected chi connectivity index (χ0v) is 20.1. The van der Waals surface area contributed by atoms with Crippen LogP contribution in [0.5, 0.6) is 0 Å². The zero-order chi connectivity index (χ0) is 25.8. The predicted molar refractivity (Wildman–Crippen MR) is 123 cm³/mol. The van der Waals surface area contributed by atoms with Gasteiger partial charge in [0.05, 0.1) is 10.7 Å². The number of aryl methyl sites for hydroxylation is 1. The minimum absolute atomic E-state index is 0.0378. The van der Waals surface area contributed by atoms with Gasteiger partial charge in [0.1, 0.15) is 0 Å². The van der Waals surface area contributed by atoms with E-state index < -0.39 is 23.9 Å². The number of allylic oxidation sites excluding steroid dienone is 4. The number of aliphatic hydroxyl groups is 1. The Labute approximate surface area is 205 Å². The standard InChI is InChI=1S/C23H25ClF3N5O3/c1-4-17(23(25,26)27)6-5-13(2)29-22(34)32-9-7-15(8-10-32)19-18(24)11-16(12-28-19)20(33)21-31-30-14(3)35-21/h5-7,11-12,20,33H,4,8-10H2,1-3H3,(H,29,34)/b13-5+,17-6+. The molecule has 0 saturated heterocycles. The van der Waals surface area contributed by atoms with Crippen molar-refractivity contribution in [3.63, 3.8) is 0 Å². The molecule has 35 heavy (non-hydrogen) atoms. The second-order valence-corrected chi connectivity index (χ2v) is 8.32. The lowest BCUT2D eigenvalue weighted by atomic mass is 10.0. The van der Waals surface area contributed by atoms with Crippen molar-refractivity contribution in [2.45, 2.75) is 45.9 Å². The van der Waals surface area contributed by atoms with Gasteiger partial charge in [0.25, 0.3) is 0 Å². The van der Waals surface area contributed by atoms with Crippen LogP contribution in [-0.4, -0.2) is 50.5 Å². The summed E-state index contributed by atoms with van der Waals surface area (Å²) in [5.74, 6) is 0.362. The van der Waals surface area contributed by atoms with Crippen LogP contribution in [0.1, 0.15) is 55.8 Å². The highest BCUT2D eigenvalue weighted by molar-refractivity contribution is 6.32. The van der Waals surface area contributed by atoms with E-state index in [1.54, 1.807) is 13.0 Å². The third kappa shape index (κ3) is 6.70. The number of amides is 2. The summed E-state index contributed by atoms with van der Waals surface area (Å²) < 4.78 is 43.7. The van der Waals surface area contributed by atoms with E-state index in [0.29, 0.717) is 40.8 Å². The second kappa shape index (κ2) is 11.0. The summed E-state index contributed by atoms with van der Waals surface area (Å²) in [6.07, 6.45) is 0.245. The molecular weight excluding hydrogens is 487 g/mol. The molecule has 188 valence electrons.